The summed E-state index contributed by atoms with van der Waals surface area (Å²) in [5.41, 5.74) is 2.19. The van der Waals surface area contributed by atoms with Crippen molar-refractivity contribution < 1.29 is 23.0 Å². The van der Waals surface area contributed by atoms with E-state index in [1.54, 1.807) is 39.3 Å². The minimum absolute atomic E-state index is 0. The van der Waals surface area contributed by atoms with Crippen LogP contribution in [0.25, 0.3) is 0 Å². The number of aliphatic imine (C=N–C) groups is 1. The van der Waals surface area contributed by atoms with E-state index in [1.165, 1.54) is 18.1 Å². The number of carbonyl (C=O) groups excluding carboxylic acids is 1. The Kier molecular flexibility index (Phi) is 11.7. The molecule has 0 aliphatic heterocycles. The highest BCUT2D eigenvalue weighted by Gasteiger charge is 2.12. The van der Waals surface area contributed by atoms with Gasteiger partial charge in [-0.05, 0) is 36.2 Å². The van der Waals surface area contributed by atoms with Crippen molar-refractivity contribution in [1.82, 2.24) is 15.5 Å². The first kappa shape index (κ1) is 27.4. The van der Waals surface area contributed by atoms with Gasteiger partial charge in [-0.25, -0.2) is 0 Å². The molecule has 10 heteroatoms. The zero-order chi connectivity index (χ0) is 22.8. The average molecular weight is 562 g/mol. The summed E-state index contributed by atoms with van der Waals surface area (Å²) in [5, 5.41) is 6.25. The Labute approximate surface area is 204 Å². The largest absolute Gasteiger partial charge is 0.497 e. The summed E-state index contributed by atoms with van der Waals surface area (Å²) < 4.78 is 35.1. The summed E-state index contributed by atoms with van der Waals surface area (Å²) in [4.78, 5) is 17.8. The Balaban J connectivity index is 0.00000512. The maximum atomic E-state index is 12.7. The van der Waals surface area contributed by atoms with Crippen LogP contribution in [-0.4, -0.2) is 58.2 Å². The molecule has 32 heavy (non-hydrogen) atoms. The molecule has 0 aliphatic rings. The fraction of sp³-hybridized carbons (Fsp3) is 0.364. The van der Waals surface area contributed by atoms with Gasteiger partial charge in [0.05, 0.1) is 7.11 Å². The quantitative estimate of drug-likeness (QED) is 0.278. The molecule has 1 amide bonds. The summed E-state index contributed by atoms with van der Waals surface area (Å²) in [6.07, 6.45) is 0.678. The van der Waals surface area contributed by atoms with Gasteiger partial charge in [0, 0.05) is 51.4 Å². The highest BCUT2D eigenvalue weighted by atomic mass is 127. The predicted molar refractivity (Wildman–Crippen MR) is 131 cm³/mol. The van der Waals surface area contributed by atoms with Crippen molar-refractivity contribution in [3.63, 3.8) is 0 Å². The molecule has 7 nitrogen and oxygen atoms in total. The first-order valence-electron chi connectivity index (χ1n) is 9.71. The molecular weight excluding hydrogens is 533 g/mol. The molecule has 176 valence electrons. The average Bonchev–Trinajstić information content (AvgIpc) is 2.75. The smallest absolute Gasteiger partial charge is 0.387 e. The van der Waals surface area contributed by atoms with Crippen molar-refractivity contribution in [2.45, 2.75) is 19.6 Å². The van der Waals surface area contributed by atoms with Crippen LogP contribution in [-0.2, 0) is 13.0 Å². The monoisotopic (exact) mass is 562 g/mol. The number of nitrogens with zero attached hydrogens (tertiary/aromatic N) is 2. The van der Waals surface area contributed by atoms with Gasteiger partial charge in [0.2, 0.25) is 0 Å². The lowest BCUT2D eigenvalue weighted by Gasteiger charge is -2.15. The Morgan fingerprint density at radius 3 is 2.53 bits per heavy atom. The Morgan fingerprint density at radius 1 is 1.16 bits per heavy atom. The van der Waals surface area contributed by atoms with Crippen molar-refractivity contribution in [1.29, 1.82) is 0 Å². The van der Waals surface area contributed by atoms with Gasteiger partial charge >= 0.3 is 6.61 Å². The van der Waals surface area contributed by atoms with Gasteiger partial charge in [0.15, 0.2) is 5.96 Å². The number of benzene rings is 2. The molecule has 2 aromatic carbocycles. The standard InChI is InChI=1S/C22H28F2N4O3.HI/c1-25-22(26-11-10-15-6-5-7-16(12-15)20(29)28(2)3)27-14-17-8-9-18(30-4)13-19(17)31-21(23)24;/h5-9,12-13,21H,10-11,14H2,1-4H3,(H2,25,26,27);1H. The van der Waals surface area contributed by atoms with Crippen LogP contribution in [0.3, 0.4) is 0 Å². The molecule has 2 aromatic rings. The summed E-state index contributed by atoms with van der Waals surface area (Å²) in [5.74, 6) is 0.935. The summed E-state index contributed by atoms with van der Waals surface area (Å²) >= 11 is 0. The van der Waals surface area contributed by atoms with Crippen LogP contribution in [0, 0.1) is 0 Å². The summed E-state index contributed by atoms with van der Waals surface area (Å²) in [6.45, 7) is -2.13. The van der Waals surface area contributed by atoms with Crippen molar-refractivity contribution in [2.75, 3.05) is 34.8 Å². The maximum absolute atomic E-state index is 12.7. The summed E-state index contributed by atoms with van der Waals surface area (Å²) in [6, 6.07) is 12.2. The van der Waals surface area contributed by atoms with Crippen LogP contribution in [0.5, 0.6) is 11.5 Å². The third-order valence-corrected chi connectivity index (χ3v) is 4.45. The number of carbonyl (C=O) groups is 1. The van der Waals surface area contributed by atoms with Gasteiger partial charge in [-0.15, -0.1) is 24.0 Å². The topological polar surface area (TPSA) is 75.2 Å². The van der Waals surface area contributed by atoms with E-state index < -0.39 is 6.61 Å². The maximum Gasteiger partial charge on any atom is 0.387 e. The van der Waals surface area contributed by atoms with Crippen LogP contribution in [0.2, 0.25) is 0 Å². The molecule has 0 aromatic heterocycles. The van der Waals surface area contributed by atoms with Gasteiger partial charge in [-0.2, -0.15) is 8.78 Å². The number of hydrogen-bond acceptors (Lipinski definition) is 4. The normalized spacial score (nSPS) is 10.9. The third-order valence-electron chi connectivity index (χ3n) is 4.45. The predicted octanol–water partition coefficient (Wildman–Crippen LogP) is 3.52. The van der Waals surface area contributed by atoms with E-state index in [9.17, 15) is 13.6 Å². The number of nitrogens with one attached hydrogen (secondary N) is 2. The molecule has 0 aliphatic carbocycles. The zero-order valence-corrected chi connectivity index (χ0v) is 20.9. The molecule has 2 N–H and O–H groups in total. The van der Waals surface area contributed by atoms with Crippen LogP contribution in [0.15, 0.2) is 47.5 Å². The number of guanidine groups is 1. The number of amides is 1. The Morgan fingerprint density at radius 2 is 1.91 bits per heavy atom. The molecule has 0 saturated heterocycles. The molecule has 0 saturated carbocycles. The Hall–Kier alpha value is -2.63. The molecule has 0 unspecified atom stereocenters. The first-order valence-corrected chi connectivity index (χ1v) is 9.71. The van der Waals surface area contributed by atoms with Gasteiger partial charge in [-0.1, -0.05) is 12.1 Å². The van der Waals surface area contributed by atoms with E-state index in [2.05, 4.69) is 20.4 Å². The second kappa shape index (κ2) is 13.7. The summed E-state index contributed by atoms with van der Waals surface area (Å²) in [7, 11) is 6.51. The highest BCUT2D eigenvalue weighted by molar-refractivity contribution is 14.0. The second-order valence-electron chi connectivity index (χ2n) is 6.85. The number of hydrogen-bond donors (Lipinski definition) is 2. The van der Waals surface area contributed by atoms with Crippen molar-refractivity contribution in [3.8, 4) is 11.5 Å². The zero-order valence-electron chi connectivity index (χ0n) is 18.5. The van der Waals surface area contributed by atoms with E-state index in [-0.39, 0.29) is 42.2 Å². The molecule has 2 rings (SSSR count). The van der Waals surface area contributed by atoms with E-state index in [1.807, 2.05) is 18.2 Å². The lowest BCUT2D eigenvalue weighted by molar-refractivity contribution is -0.0505. The third kappa shape index (κ3) is 8.48. The lowest BCUT2D eigenvalue weighted by Crippen LogP contribution is -2.38. The molecule has 0 radical (unpaired) electrons. The number of ether oxygens (including phenoxy) is 2. The highest BCUT2D eigenvalue weighted by Crippen LogP contribution is 2.26. The SMILES string of the molecule is CN=C(NCCc1cccc(C(=O)N(C)C)c1)NCc1ccc(OC)cc1OC(F)F.I. The van der Waals surface area contributed by atoms with Gasteiger partial charge < -0.3 is 25.0 Å². The lowest BCUT2D eigenvalue weighted by atomic mass is 10.1. The van der Waals surface area contributed by atoms with Crippen LogP contribution >= 0.6 is 24.0 Å². The van der Waals surface area contributed by atoms with Gasteiger partial charge in [-0.3, -0.25) is 9.79 Å². The van der Waals surface area contributed by atoms with Crippen molar-refractivity contribution in [3.05, 3.63) is 59.2 Å². The van der Waals surface area contributed by atoms with Gasteiger partial charge in [0.25, 0.3) is 5.91 Å². The van der Waals surface area contributed by atoms with Crippen LogP contribution < -0.4 is 20.1 Å². The first-order chi connectivity index (χ1) is 14.8. The Bertz CT molecular complexity index is 910. The van der Waals surface area contributed by atoms with E-state index >= 15 is 0 Å². The second-order valence-corrected chi connectivity index (χ2v) is 6.85. The van der Waals surface area contributed by atoms with Crippen LogP contribution in [0.1, 0.15) is 21.5 Å². The van der Waals surface area contributed by atoms with Gasteiger partial charge in [0.1, 0.15) is 11.5 Å². The van der Waals surface area contributed by atoms with Crippen molar-refractivity contribution in [2.24, 2.45) is 4.99 Å². The van der Waals surface area contributed by atoms with Crippen LogP contribution in [0.4, 0.5) is 8.78 Å². The van der Waals surface area contributed by atoms with E-state index in [0.717, 1.165) is 5.56 Å². The fourth-order valence-corrected chi connectivity index (χ4v) is 2.86. The molecule has 0 heterocycles. The minimum Gasteiger partial charge on any atom is -0.497 e. The fourth-order valence-electron chi connectivity index (χ4n) is 2.86. The molecule has 0 fully saturated rings. The number of halogens is 3. The minimum atomic E-state index is -2.93. The number of rotatable bonds is 9. The van der Waals surface area contributed by atoms with Crippen molar-refractivity contribution >= 4 is 35.8 Å². The molecule has 0 bridgehead atoms. The number of methoxy groups -OCH3 is 1. The van der Waals surface area contributed by atoms with E-state index in [4.69, 9.17) is 4.74 Å². The van der Waals surface area contributed by atoms with E-state index in [0.29, 0.717) is 35.8 Å². The number of alkyl halides is 2. The molecular formula is C22H29F2IN4O3. The molecule has 0 atom stereocenters. The molecule has 0 spiro atoms.